The minimum atomic E-state index is -0.504. The first-order valence-corrected chi connectivity index (χ1v) is 19.8. The van der Waals surface area contributed by atoms with E-state index in [1.165, 1.54) is 44.5 Å². The molecule has 0 radical (unpaired) electrons. The Morgan fingerprint density at radius 2 is 0.948 bits per heavy atom. The average Bonchev–Trinajstić information content (AvgIpc) is 3.84. The van der Waals surface area contributed by atoms with E-state index in [-0.39, 0.29) is 0 Å². The Labute approximate surface area is 338 Å². The van der Waals surface area contributed by atoms with Crippen LogP contribution in [0.25, 0.3) is 72.7 Å². The van der Waals surface area contributed by atoms with Gasteiger partial charge in [0.1, 0.15) is 5.82 Å². The Morgan fingerprint density at radius 1 is 0.379 bits per heavy atom. The molecule has 2 heterocycles. The van der Waals surface area contributed by atoms with E-state index in [2.05, 4.69) is 210 Å². The van der Waals surface area contributed by atoms with Gasteiger partial charge in [0.2, 0.25) is 0 Å². The lowest BCUT2D eigenvalue weighted by molar-refractivity contribution is 0.769. The summed E-state index contributed by atoms with van der Waals surface area (Å²) in [5.41, 5.74) is 18.0. The number of benzene rings is 8. The van der Waals surface area contributed by atoms with Crippen molar-refractivity contribution in [1.82, 2.24) is 14.5 Å². The lowest BCUT2D eigenvalue weighted by Gasteiger charge is -2.34. The van der Waals surface area contributed by atoms with Gasteiger partial charge >= 0.3 is 0 Å². The summed E-state index contributed by atoms with van der Waals surface area (Å²) in [6.45, 7) is 0. The van der Waals surface area contributed by atoms with E-state index < -0.39 is 5.41 Å². The molecule has 0 saturated carbocycles. The summed E-state index contributed by atoms with van der Waals surface area (Å²) in [6.07, 6.45) is 1.85. The van der Waals surface area contributed by atoms with Crippen LogP contribution < -0.4 is 0 Å². The SMILES string of the molecule is c1ccc(-c2nc3ccccc3n2-c2ccc(-c3cc4c(cc3-c3ccc(-c5ccccn5)cc3)C(c3ccccc3)(c3ccccc3)c3ccccc3-4)cc2)cc1. The number of imidazole rings is 1. The van der Waals surface area contributed by atoms with Gasteiger partial charge in [-0.3, -0.25) is 9.55 Å². The highest BCUT2D eigenvalue weighted by atomic mass is 15.1. The Morgan fingerprint density at radius 3 is 1.64 bits per heavy atom. The second-order valence-corrected chi connectivity index (χ2v) is 14.9. The molecule has 0 amide bonds. The zero-order chi connectivity index (χ0) is 38.5. The van der Waals surface area contributed by atoms with Crippen LogP contribution in [0.4, 0.5) is 0 Å². The molecule has 272 valence electrons. The summed E-state index contributed by atoms with van der Waals surface area (Å²) < 4.78 is 2.28. The second kappa shape index (κ2) is 13.8. The topological polar surface area (TPSA) is 30.7 Å². The van der Waals surface area contributed by atoms with E-state index in [0.29, 0.717) is 0 Å². The van der Waals surface area contributed by atoms with Crippen LogP contribution >= 0.6 is 0 Å². The number of aromatic nitrogens is 3. The average molecular weight is 740 g/mol. The van der Waals surface area contributed by atoms with Crippen molar-refractivity contribution in [3.63, 3.8) is 0 Å². The van der Waals surface area contributed by atoms with Gasteiger partial charge in [0.25, 0.3) is 0 Å². The molecule has 0 bridgehead atoms. The monoisotopic (exact) mass is 739 g/mol. The predicted octanol–water partition coefficient (Wildman–Crippen LogP) is 13.5. The summed E-state index contributed by atoms with van der Waals surface area (Å²) in [4.78, 5) is 9.75. The van der Waals surface area contributed by atoms with Crippen molar-refractivity contribution in [3.8, 4) is 61.7 Å². The molecular weight excluding hydrogens is 703 g/mol. The lowest BCUT2D eigenvalue weighted by atomic mass is 9.67. The molecule has 2 aromatic heterocycles. The first kappa shape index (κ1) is 33.7. The van der Waals surface area contributed by atoms with Crippen molar-refractivity contribution in [3.05, 3.63) is 247 Å². The fraction of sp³-hybridized carbons (Fsp3) is 0.0182. The van der Waals surface area contributed by atoms with E-state index >= 15 is 0 Å². The molecular formula is C55H37N3. The minimum absolute atomic E-state index is 0.504. The third-order valence-corrected chi connectivity index (χ3v) is 11.8. The summed E-state index contributed by atoms with van der Waals surface area (Å²) in [5.74, 6) is 0.926. The molecule has 0 unspecified atom stereocenters. The van der Waals surface area contributed by atoms with Gasteiger partial charge in [-0.1, -0.05) is 170 Å². The van der Waals surface area contributed by atoms with Crippen LogP contribution in [0.1, 0.15) is 22.3 Å². The van der Waals surface area contributed by atoms with Gasteiger partial charge in [0.05, 0.1) is 22.1 Å². The van der Waals surface area contributed by atoms with Gasteiger partial charge in [0, 0.05) is 23.0 Å². The fourth-order valence-corrected chi connectivity index (χ4v) is 9.18. The van der Waals surface area contributed by atoms with Crippen LogP contribution in [0.15, 0.2) is 225 Å². The number of pyridine rings is 1. The van der Waals surface area contributed by atoms with E-state index in [1.54, 1.807) is 0 Å². The number of hydrogen-bond acceptors (Lipinski definition) is 2. The molecule has 10 aromatic rings. The van der Waals surface area contributed by atoms with Gasteiger partial charge in [-0.25, -0.2) is 4.98 Å². The van der Waals surface area contributed by atoms with Crippen LogP contribution in [-0.2, 0) is 5.41 Å². The highest BCUT2D eigenvalue weighted by molar-refractivity contribution is 5.95. The highest BCUT2D eigenvalue weighted by Crippen LogP contribution is 2.58. The first-order chi connectivity index (χ1) is 28.8. The molecule has 8 aromatic carbocycles. The van der Waals surface area contributed by atoms with Crippen molar-refractivity contribution >= 4 is 11.0 Å². The maximum Gasteiger partial charge on any atom is 0.145 e. The molecule has 0 aliphatic heterocycles. The highest BCUT2D eigenvalue weighted by Gasteiger charge is 2.46. The quantitative estimate of drug-likeness (QED) is 0.163. The maximum absolute atomic E-state index is 5.11. The van der Waals surface area contributed by atoms with Crippen LogP contribution in [-0.4, -0.2) is 14.5 Å². The van der Waals surface area contributed by atoms with Crippen LogP contribution in [0, 0.1) is 0 Å². The third kappa shape index (κ3) is 5.36. The molecule has 0 spiro atoms. The third-order valence-electron chi connectivity index (χ3n) is 11.8. The second-order valence-electron chi connectivity index (χ2n) is 14.9. The number of hydrogen-bond donors (Lipinski definition) is 0. The molecule has 3 nitrogen and oxygen atoms in total. The van der Waals surface area contributed by atoms with Gasteiger partial charge in [0.15, 0.2) is 0 Å². The van der Waals surface area contributed by atoms with Gasteiger partial charge in [-0.05, 0) is 104 Å². The van der Waals surface area contributed by atoms with E-state index in [4.69, 9.17) is 4.98 Å². The number of rotatable bonds is 7. The summed E-state index contributed by atoms with van der Waals surface area (Å²) in [5, 5.41) is 0. The zero-order valence-electron chi connectivity index (χ0n) is 31.7. The van der Waals surface area contributed by atoms with Crippen molar-refractivity contribution < 1.29 is 0 Å². The Kier molecular flexibility index (Phi) is 8.04. The molecule has 3 heteroatoms. The van der Waals surface area contributed by atoms with Crippen LogP contribution in [0.3, 0.4) is 0 Å². The molecule has 58 heavy (non-hydrogen) atoms. The van der Waals surface area contributed by atoms with Crippen molar-refractivity contribution in [1.29, 1.82) is 0 Å². The molecule has 0 fully saturated rings. The van der Waals surface area contributed by atoms with E-state index in [9.17, 15) is 0 Å². The first-order valence-electron chi connectivity index (χ1n) is 19.8. The maximum atomic E-state index is 5.11. The van der Waals surface area contributed by atoms with E-state index in [1.807, 2.05) is 24.4 Å². The number of nitrogens with zero attached hydrogens (tertiary/aromatic N) is 3. The Hall–Kier alpha value is -7.62. The zero-order valence-corrected chi connectivity index (χ0v) is 31.7. The molecule has 0 atom stereocenters. The lowest BCUT2D eigenvalue weighted by Crippen LogP contribution is -2.28. The molecule has 0 N–H and O–H groups in total. The Bertz CT molecular complexity index is 3020. The van der Waals surface area contributed by atoms with Gasteiger partial charge in [-0.15, -0.1) is 0 Å². The van der Waals surface area contributed by atoms with Crippen molar-refractivity contribution in [2.24, 2.45) is 0 Å². The van der Waals surface area contributed by atoms with Gasteiger partial charge in [-0.2, -0.15) is 0 Å². The van der Waals surface area contributed by atoms with Crippen molar-refractivity contribution in [2.75, 3.05) is 0 Å². The standard InChI is InChI=1S/C55H37N3/c1-4-16-41(17-5-1)54-57-52-25-12-13-26-53(52)58(54)44-33-31-39(32-34-44)46-36-48-45-22-10-11-23-49(45)55(42-18-6-2-7-19-42,43-20-8-3-9-21-43)50(48)37-47(46)38-27-29-40(30-28-38)51-24-14-15-35-56-51/h1-37H. The largest absolute Gasteiger partial charge is 0.292 e. The molecule has 0 saturated heterocycles. The normalized spacial score (nSPS) is 12.6. The number of para-hydroxylation sites is 2. The molecule has 11 rings (SSSR count). The number of fused-ring (bicyclic) bond motifs is 4. The summed E-state index contributed by atoms with van der Waals surface area (Å²) in [7, 11) is 0. The van der Waals surface area contributed by atoms with Crippen molar-refractivity contribution in [2.45, 2.75) is 5.41 Å². The van der Waals surface area contributed by atoms with E-state index in [0.717, 1.165) is 50.5 Å². The predicted molar refractivity (Wildman–Crippen MR) is 238 cm³/mol. The molecule has 1 aliphatic rings. The smallest absolute Gasteiger partial charge is 0.145 e. The van der Waals surface area contributed by atoms with Crippen LogP contribution in [0.2, 0.25) is 0 Å². The summed E-state index contributed by atoms with van der Waals surface area (Å²) in [6, 6.07) is 78.8. The van der Waals surface area contributed by atoms with Gasteiger partial charge < -0.3 is 0 Å². The van der Waals surface area contributed by atoms with Crippen LogP contribution in [0.5, 0.6) is 0 Å². The Balaban J connectivity index is 1.14. The fourth-order valence-electron chi connectivity index (χ4n) is 9.18. The summed E-state index contributed by atoms with van der Waals surface area (Å²) >= 11 is 0. The minimum Gasteiger partial charge on any atom is -0.292 e. The molecule has 1 aliphatic carbocycles.